The molecule has 0 fully saturated rings. The average Bonchev–Trinajstić information content (AvgIpc) is 3.07. The second kappa shape index (κ2) is 8.35. The van der Waals surface area contributed by atoms with E-state index in [1.165, 1.54) is 0 Å². The molecular formula is C17H25N5O2. The van der Waals surface area contributed by atoms with Gasteiger partial charge in [-0.3, -0.25) is 4.90 Å². The molecule has 0 saturated heterocycles. The Balaban J connectivity index is 1.87. The Bertz CT molecular complexity index is 640. The minimum Gasteiger partial charge on any atom is -0.468 e. The zero-order valence-electron chi connectivity index (χ0n) is 14.6. The van der Waals surface area contributed by atoms with Gasteiger partial charge in [0.25, 0.3) is 0 Å². The number of hydrogen-bond donors (Lipinski definition) is 2. The highest BCUT2D eigenvalue weighted by Gasteiger charge is 2.17. The van der Waals surface area contributed by atoms with Crippen LogP contribution in [-0.2, 0) is 6.54 Å². The molecule has 130 valence electrons. The van der Waals surface area contributed by atoms with Crippen LogP contribution in [0.25, 0.3) is 0 Å². The van der Waals surface area contributed by atoms with Gasteiger partial charge in [-0.05, 0) is 32.3 Å². The van der Waals surface area contributed by atoms with E-state index in [0.29, 0.717) is 13.1 Å². The molecule has 2 N–H and O–H groups in total. The predicted octanol–water partition coefficient (Wildman–Crippen LogP) is 1.84. The number of amides is 2. The maximum atomic E-state index is 12.1. The first-order valence-corrected chi connectivity index (χ1v) is 7.81. The summed E-state index contributed by atoms with van der Waals surface area (Å²) in [4.78, 5) is 20.3. The maximum Gasteiger partial charge on any atom is 0.315 e. The number of pyridine rings is 1. The highest BCUT2D eigenvalue weighted by Crippen LogP contribution is 2.17. The molecule has 0 radical (unpaired) electrons. The van der Waals surface area contributed by atoms with Crippen LogP contribution in [0.2, 0.25) is 0 Å². The molecule has 0 spiro atoms. The molecule has 24 heavy (non-hydrogen) atoms. The molecular weight excluding hydrogens is 306 g/mol. The Hall–Kier alpha value is -2.54. The summed E-state index contributed by atoms with van der Waals surface area (Å²) in [5, 5.41) is 5.75. The first-order valence-electron chi connectivity index (χ1n) is 7.81. The monoisotopic (exact) mass is 331 g/mol. The fraction of sp³-hybridized carbons (Fsp3) is 0.412. The van der Waals surface area contributed by atoms with Crippen LogP contribution in [0.3, 0.4) is 0 Å². The molecule has 0 unspecified atom stereocenters. The predicted molar refractivity (Wildman–Crippen MR) is 93.9 cm³/mol. The Labute approximate surface area is 142 Å². The van der Waals surface area contributed by atoms with E-state index in [0.717, 1.165) is 17.1 Å². The third-order valence-electron chi connectivity index (χ3n) is 3.68. The molecule has 7 heteroatoms. The van der Waals surface area contributed by atoms with Crippen molar-refractivity contribution in [2.75, 3.05) is 39.6 Å². The van der Waals surface area contributed by atoms with Crippen LogP contribution in [0, 0.1) is 0 Å². The van der Waals surface area contributed by atoms with E-state index in [1.807, 2.05) is 62.3 Å². The van der Waals surface area contributed by atoms with Crippen LogP contribution in [-0.4, -0.2) is 50.7 Å². The van der Waals surface area contributed by atoms with E-state index >= 15 is 0 Å². The van der Waals surface area contributed by atoms with Crippen molar-refractivity contribution in [3.05, 3.63) is 48.0 Å². The molecule has 1 atom stereocenters. The van der Waals surface area contributed by atoms with E-state index < -0.39 is 0 Å². The highest BCUT2D eigenvalue weighted by atomic mass is 16.3. The molecule has 0 bridgehead atoms. The summed E-state index contributed by atoms with van der Waals surface area (Å²) in [7, 11) is 7.76. The summed E-state index contributed by atoms with van der Waals surface area (Å²) in [6.07, 6.45) is 3.38. The van der Waals surface area contributed by atoms with Crippen molar-refractivity contribution in [3.63, 3.8) is 0 Å². The fourth-order valence-corrected chi connectivity index (χ4v) is 2.42. The molecule has 2 aromatic heterocycles. The third-order valence-corrected chi connectivity index (χ3v) is 3.68. The first kappa shape index (κ1) is 17.8. The summed E-state index contributed by atoms with van der Waals surface area (Å²) < 4.78 is 5.43. The topological polar surface area (TPSA) is 73.6 Å². The lowest BCUT2D eigenvalue weighted by Crippen LogP contribution is -2.40. The van der Waals surface area contributed by atoms with Crippen molar-refractivity contribution in [3.8, 4) is 0 Å². The van der Waals surface area contributed by atoms with Gasteiger partial charge in [0.15, 0.2) is 0 Å². The van der Waals surface area contributed by atoms with E-state index in [4.69, 9.17) is 4.42 Å². The number of rotatable bonds is 7. The van der Waals surface area contributed by atoms with Crippen LogP contribution in [0.15, 0.2) is 41.1 Å². The molecule has 2 rings (SSSR count). The van der Waals surface area contributed by atoms with Gasteiger partial charge in [0.05, 0.1) is 12.3 Å². The summed E-state index contributed by atoms with van der Waals surface area (Å²) in [6.45, 7) is 0.875. The standard InChI is InChI=1S/C17H25N5O2/c1-21(2)14(15-8-6-10-24-15)12-20-17(23)19-11-13-7-5-9-18-16(13)22(3)4/h5-10,14H,11-12H2,1-4H3,(H2,19,20,23)/t14-/m1/s1. The highest BCUT2D eigenvalue weighted by molar-refractivity contribution is 5.74. The van der Waals surface area contributed by atoms with Crippen molar-refractivity contribution in [2.24, 2.45) is 0 Å². The number of furan rings is 1. The van der Waals surface area contributed by atoms with Crippen molar-refractivity contribution in [1.29, 1.82) is 0 Å². The van der Waals surface area contributed by atoms with Gasteiger partial charge in [0, 0.05) is 38.9 Å². The zero-order valence-corrected chi connectivity index (χ0v) is 14.6. The minimum atomic E-state index is -0.220. The van der Waals surface area contributed by atoms with Gasteiger partial charge in [-0.15, -0.1) is 0 Å². The van der Waals surface area contributed by atoms with E-state index in [1.54, 1.807) is 12.5 Å². The van der Waals surface area contributed by atoms with Crippen LogP contribution in [0.4, 0.5) is 10.6 Å². The second-order valence-corrected chi connectivity index (χ2v) is 5.94. The number of nitrogens with zero attached hydrogens (tertiary/aromatic N) is 3. The van der Waals surface area contributed by atoms with Gasteiger partial charge >= 0.3 is 6.03 Å². The molecule has 2 amide bonds. The lowest BCUT2D eigenvalue weighted by Gasteiger charge is -2.22. The molecule has 2 aromatic rings. The summed E-state index contributed by atoms with van der Waals surface area (Å²) >= 11 is 0. The van der Waals surface area contributed by atoms with Gasteiger partial charge in [0.1, 0.15) is 11.6 Å². The zero-order chi connectivity index (χ0) is 17.5. The largest absolute Gasteiger partial charge is 0.468 e. The lowest BCUT2D eigenvalue weighted by atomic mass is 10.2. The van der Waals surface area contributed by atoms with E-state index in [2.05, 4.69) is 15.6 Å². The summed E-state index contributed by atoms with van der Waals surface area (Å²) in [5.41, 5.74) is 0.966. The van der Waals surface area contributed by atoms with Crippen LogP contribution in [0.5, 0.6) is 0 Å². The Kier molecular flexibility index (Phi) is 6.20. The number of likely N-dealkylation sites (N-methyl/N-ethyl adjacent to an activating group) is 1. The minimum absolute atomic E-state index is 0.0125. The van der Waals surface area contributed by atoms with Crippen LogP contribution >= 0.6 is 0 Å². The number of hydrogen-bond acceptors (Lipinski definition) is 5. The van der Waals surface area contributed by atoms with Crippen molar-refractivity contribution < 1.29 is 9.21 Å². The number of urea groups is 1. The van der Waals surface area contributed by atoms with Crippen molar-refractivity contribution >= 4 is 11.8 Å². The Morgan fingerprint density at radius 3 is 2.62 bits per heavy atom. The summed E-state index contributed by atoms with van der Waals surface area (Å²) in [5.74, 6) is 1.67. The summed E-state index contributed by atoms with van der Waals surface area (Å²) in [6, 6.07) is 7.33. The number of carbonyl (C=O) groups excluding carboxylic acids is 1. The average molecular weight is 331 g/mol. The van der Waals surface area contributed by atoms with Gasteiger partial charge < -0.3 is 20.0 Å². The van der Waals surface area contributed by atoms with E-state index in [-0.39, 0.29) is 12.1 Å². The van der Waals surface area contributed by atoms with Crippen molar-refractivity contribution in [2.45, 2.75) is 12.6 Å². The normalized spacial score (nSPS) is 12.0. The number of carbonyl (C=O) groups is 1. The van der Waals surface area contributed by atoms with Gasteiger partial charge in [-0.2, -0.15) is 0 Å². The molecule has 0 aromatic carbocycles. The van der Waals surface area contributed by atoms with Crippen LogP contribution < -0.4 is 15.5 Å². The molecule has 7 nitrogen and oxygen atoms in total. The molecule has 0 saturated carbocycles. The molecule has 0 aliphatic carbocycles. The Morgan fingerprint density at radius 2 is 2.00 bits per heavy atom. The van der Waals surface area contributed by atoms with Gasteiger partial charge in [0.2, 0.25) is 0 Å². The number of nitrogens with one attached hydrogen (secondary N) is 2. The molecule has 2 heterocycles. The van der Waals surface area contributed by atoms with E-state index in [9.17, 15) is 4.79 Å². The lowest BCUT2D eigenvalue weighted by molar-refractivity contribution is 0.225. The van der Waals surface area contributed by atoms with Gasteiger partial charge in [-0.25, -0.2) is 9.78 Å². The number of anilines is 1. The second-order valence-electron chi connectivity index (χ2n) is 5.94. The maximum absolute atomic E-state index is 12.1. The van der Waals surface area contributed by atoms with Crippen molar-refractivity contribution in [1.82, 2.24) is 20.5 Å². The number of aromatic nitrogens is 1. The first-order chi connectivity index (χ1) is 11.5. The van der Waals surface area contributed by atoms with Gasteiger partial charge in [-0.1, -0.05) is 6.07 Å². The quantitative estimate of drug-likeness (QED) is 0.810. The smallest absolute Gasteiger partial charge is 0.315 e. The Morgan fingerprint density at radius 1 is 1.21 bits per heavy atom. The molecule has 0 aliphatic rings. The molecule has 0 aliphatic heterocycles. The SMILES string of the molecule is CN(C)c1ncccc1CNC(=O)NC[C@H](c1ccco1)N(C)C. The fourth-order valence-electron chi connectivity index (χ4n) is 2.42. The third kappa shape index (κ3) is 4.73. The van der Waals surface area contributed by atoms with Crippen LogP contribution in [0.1, 0.15) is 17.4 Å².